The summed E-state index contributed by atoms with van der Waals surface area (Å²) in [6.45, 7) is 2.68. The molecule has 5 heteroatoms. The third-order valence-electron chi connectivity index (χ3n) is 4.54. The lowest BCUT2D eigenvalue weighted by Gasteiger charge is -2.24. The van der Waals surface area contributed by atoms with E-state index in [2.05, 4.69) is 24.0 Å². The van der Waals surface area contributed by atoms with Crippen LogP contribution in [0, 0.1) is 0 Å². The molecule has 2 aromatic heterocycles. The van der Waals surface area contributed by atoms with E-state index in [1.807, 2.05) is 30.1 Å². The first-order valence-electron chi connectivity index (χ1n) is 7.85. The minimum Gasteiger partial charge on any atom is -0.340 e. The second-order valence-corrected chi connectivity index (χ2v) is 5.94. The van der Waals surface area contributed by atoms with Crippen LogP contribution in [0.25, 0.3) is 16.5 Å². The Kier molecular flexibility index (Phi) is 3.15. The van der Waals surface area contributed by atoms with Gasteiger partial charge in [0.25, 0.3) is 0 Å². The summed E-state index contributed by atoms with van der Waals surface area (Å²) in [6, 6.07) is 8.18. The number of hydrogen-bond acceptors (Lipinski definition) is 3. The van der Waals surface area contributed by atoms with Gasteiger partial charge in [-0.25, -0.2) is 4.68 Å². The van der Waals surface area contributed by atoms with Gasteiger partial charge in [0.1, 0.15) is 0 Å². The third-order valence-corrected chi connectivity index (χ3v) is 4.54. The van der Waals surface area contributed by atoms with E-state index in [1.165, 1.54) is 0 Å². The molecule has 1 aliphatic rings. The average Bonchev–Trinajstić information content (AvgIpc) is 2.92. The van der Waals surface area contributed by atoms with E-state index >= 15 is 0 Å². The first kappa shape index (κ1) is 13.9. The average molecular weight is 306 g/mol. The number of benzene rings is 1. The fourth-order valence-electron chi connectivity index (χ4n) is 3.27. The van der Waals surface area contributed by atoms with Crippen LogP contribution in [0.2, 0.25) is 0 Å². The minimum atomic E-state index is 0.159. The lowest BCUT2D eigenvalue weighted by molar-refractivity contribution is -0.130. The molecule has 0 N–H and O–H groups in total. The second kappa shape index (κ2) is 5.19. The highest BCUT2D eigenvalue weighted by atomic mass is 16.2. The fourth-order valence-corrected chi connectivity index (χ4v) is 3.27. The van der Waals surface area contributed by atoms with Gasteiger partial charge in [0, 0.05) is 30.4 Å². The maximum absolute atomic E-state index is 12.1. The molecule has 0 radical (unpaired) electrons. The number of hydrogen-bond donors (Lipinski definition) is 0. The Morgan fingerprint density at radius 2 is 2.13 bits per heavy atom. The molecule has 0 saturated heterocycles. The number of nitrogens with zero attached hydrogens (tertiary/aromatic N) is 4. The van der Waals surface area contributed by atoms with Crippen LogP contribution in [0.5, 0.6) is 0 Å². The van der Waals surface area contributed by atoms with Crippen molar-refractivity contribution >= 4 is 16.7 Å². The summed E-state index contributed by atoms with van der Waals surface area (Å²) in [4.78, 5) is 18.1. The predicted octanol–water partition coefficient (Wildman–Crippen LogP) is 2.50. The molecule has 1 amide bonds. The predicted molar refractivity (Wildman–Crippen MR) is 88.4 cm³/mol. The maximum Gasteiger partial charge on any atom is 0.227 e. The molecule has 0 atom stereocenters. The summed E-state index contributed by atoms with van der Waals surface area (Å²) in [6.07, 6.45) is 4.95. The number of carbonyl (C=O) groups is 1. The van der Waals surface area contributed by atoms with E-state index in [1.54, 1.807) is 11.1 Å². The van der Waals surface area contributed by atoms with Gasteiger partial charge in [-0.3, -0.25) is 9.78 Å². The summed E-state index contributed by atoms with van der Waals surface area (Å²) in [7, 11) is 1.85. The van der Waals surface area contributed by atoms with E-state index in [0.29, 0.717) is 13.0 Å². The molecule has 0 aliphatic carbocycles. The van der Waals surface area contributed by atoms with Crippen LogP contribution in [0.3, 0.4) is 0 Å². The Morgan fingerprint density at radius 3 is 2.96 bits per heavy atom. The van der Waals surface area contributed by atoms with Crippen molar-refractivity contribution in [2.75, 3.05) is 7.05 Å². The van der Waals surface area contributed by atoms with E-state index in [-0.39, 0.29) is 5.91 Å². The number of aryl methyl sites for hydroxylation is 1. The molecule has 4 rings (SSSR count). The Labute approximate surface area is 134 Å². The lowest BCUT2D eigenvalue weighted by atomic mass is 10.0. The minimum absolute atomic E-state index is 0.159. The molecule has 0 bridgehead atoms. The molecular weight excluding hydrogens is 288 g/mol. The highest BCUT2D eigenvalue weighted by Gasteiger charge is 2.28. The molecule has 116 valence electrons. The van der Waals surface area contributed by atoms with Crippen molar-refractivity contribution in [2.45, 2.75) is 26.3 Å². The smallest absolute Gasteiger partial charge is 0.227 e. The van der Waals surface area contributed by atoms with E-state index < -0.39 is 0 Å². The van der Waals surface area contributed by atoms with Crippen molar-refractivity contribution in [2.24, 2.45) is 0 Å². The van der Waals surface area contributed by atoms with Crippen molar-refractivity contribution in [1.82, 2.24) is 19.7 Å². The van der Waals surface area contributed by atoms with Gasteiger partial charge < -0.3 is 4.90 Å². The number of rotatable bonds is 2. The van der Waals surface area contributed by atoms with Crippen molar-refractivity contribution in [1.29, 1.82) is 0 Å². The fraction of sp³-hybridized carbons (Fsp3) is 0.278. The van der Waals surface area contributed by atoms with Crippen LogP contribution in [0.1, 0.15) is 23.9 Å². The van der Waals surface area contributed by atoms with Crippen LogP contribution >= 0.6 is 0 Å². The zero-order valence-electron chi connectivity index (χ0n) is 13.3. The molecule has 5 nitrogen and oxygen atoms in total. The van der Waals surface area contributed by atoms with Crippen LogP contribution in [-0.4, -0.2) is 32.6 Å². The normalized spacial score (nSPS) is 14.3. The molecule has 0 spiro atoms. The highest BCUT2D eigenvalue weighted by Crippen LogP contribution is 2.28. The van der Waals surface area contributed by atoms with Crippen molar-refractivity contribution in [3.05, 3.63) is 53.6 Å². The number of fused-ring (bicyclic) bond motifs is 2. The molecule has 0 saturated carbocycles. The quantitative estimate of drug-likeness (QED) is 0.731. The summed E-state index contributed by atoms with van der Waals surface area (Å²) < 4.78 is 2.00. The van der Waals surface area contributed by atoms with E-state index in [9.17, 15) is 4.79 Å². The van der Waals surface area contributed by atoms with Crippen LogP contribution in [0.15, 0.2) is 36.7 Å². The number of pyridine rings is 1. The van der Waals surface area contributed by atoms with Gasteiger partial charge in [-0.2, -0.15) is 5.10 Å². The number of carbonyl (C=O) groups excluding carboxylic acids is 1. The van der Waals surface area contributed by atoms with Crippen molar-refractivity contribution in [3.63, 3.8) is 0 Å². The summed E-state index contributed by atoms with van der Waals surface area (Å²) in [5, 5.41) is 7.02. The van der Waals surface area contributed by atoms with Gasteiger partial charge in [0.15, 0.2) is 0 Å². The summed E-state index contributed by atoms with van der Waals surface area (Å²) >= 11 is 0. The molecule has 0 fully saturated rings. The highest BCUT2D eigenvalue weighted by molar-refractivity contribution is 5.89. The summed E-state index contributed by atoms with van der Waals surface area (Å²) in [5.74, 6) is 0.159. The SMILES string of the molecule is CCc1nn(-c2cccc3ccncc23)c2c1CC(=O)N(C)C2. The van der Waals surface area contributed by atoms with Gasteiger partial charge >= 0.3 is 0 Å². The number of amides is 1. The van der Waals surface area contributed by atoms with Gasteiger partial charge in [-0.15, -0.1) is 0 Å². The first-order valence-corrected chi connectivity index (χ1v) is 7.85. The monoisotopic (exact) mass is 306 g/mol. The zero-order valence-corrected chi connectivity index (χ0v) is 13.3. The topological polar surface area (TPSA) is 51.0 Å². The van der Waals surface area contributed by atoms with Gasteiger partial charge in [0.05, 0.1) is 30.0 Å². The van der Waals surface area contributed by atoms with Gasteiger partial charge in [-0.05, 0) is 23.9 Å². The Balaban J connectivity index is 1.97. The molecule has 0 unspecified atom stereocenters. The van der Waals surface area contributed by atoms with E-state index in [4.69, 9.17) is 5.10 Å². The molecule has 23 heavy (non-hydrogen) atoms. The summed E-state index contributed by atoms with van der Waals surface area (Å²) in [5.41, 5.74) is 4.24. The Hall–Kier alpha value is -2.69. The van der Waals surface area contributed by atoms with Crippen LogP contribution in [0.4, 0.5) is 0 Å². The molecule has 3 heterocycles. The zero-order chi connectivity index (χ0) is 16.0. The molecule has 3 aromatic rings. The first-order chi connectivity index (χ1) is 11.2. The number of likely N-dealkylation sites (N-methyl/N-ethyl adjacent to an activating group) is 1. The lowest BCUT2D eigenvalue weighted by Crippen LogP contribution is -2.33. The van der Waals surface area contributed by atoms with Crippen LogP contribution in [-0.2, 0) is 24.2 Å². The standard InChI is InChI=1S/C18H18N4O/c1-3-15-13-9-18(23)21(2)11-17(13)22(20-15)16-6-4-5-12-7-8-19-10-14(12)16/h4-8,10H,3,9,11H2,1-2H3. The van der Waals surface area contributed by atoms with Gasteiger partial charge in [0.2, 0.25) is 5.91 Å². The van der Waals surface area contributed by atoms with E-state index in [0.717, 1.165) is 39.8 Å². The molecular formula is C18H18N4O. The second-order valence-electron chi connectivity index (χ2n) is 5.94. The molecule has 1 aromatic carbocycles. The Morgan fingerprint density at radius 1 is 1.26 bits per heavy atom. The van der Waals surface area contributed by atoms with Crippen molar-refractivity contribution in [3.8, 4) is 5.69 Å². The largest absolute Gasteiger partial charge is 0.340 e. The third kappa shape index (κ3) is 2.11. The van der Waals surface area contributed by atoms with Crippen LogP contribution < -0.4 is 0 Å². The maximum atomic E-state index is 12.1. The molecule has 1 aliphatic heterocycles. The Bertz CT molecular complexity index is 907. The van der Waals surface area contributed by atoms with Gasteiger partial charge in [-0.1, -0.05) is 19.1 Å². The van der Waals surface area contributed by atoms with Crippen molar-refractivity contribution < 1.29 is 4.79 Å². The number of aromatic nitrogens is 3.